The molecule has 1 aromatic rings. The topological polar surface area (TPSA) is 38.3 Å². The first-order chi connectivity index (χ1) is 10.0. The number of benzene rings is 1. The number of hydrogen-bond donors (Lipinski definition) is 1. The third kappa shape index (κ3) is 3.18. The van der Waals surface area contributed by atoms with Crippen molar-refractivity contribution in [2.24, 2.45) is 0 Å². The van der Waals surface area contributed by atoms with Gasteiger partial charge in [-0.3, -0.25) is 0 Å². The molecule has 1 amide bonds. The summed E-state index contributed by atoms with van der Waals surface area (Å²) >= 11 is 0. The first-order valence-corrected chi connectivity index (χ1v) is 5.91. The molecule has 2 rings (SSSR count). The van der Waals surface area contributed by atoms with Crippen molar-refractivity contribution >= 4 is 6.09 Å². The van der Waals surface area contributed by atoms with Gasteiger partial charge in [-0.1, -0.05) is 6.08 Å². The van der Waals surface area contributed by atoms with Crippen LogP contribution < -0.4 is 5.32 Å². The normalized spacial score (nSPS) is 22.2. The summed E-state index contributed by atoms with van der Waals surface area (Å²) < 4.78 is 81.3. The Morgan fingerprint density at radius 1 is 1.05 bits per heavy atom. The van der Waals surface area contributed by atoms with Gasteiger partial charge < -0.3 is 10.1 Å². The molecule has 0 radical (unpaired) electrons. The van der Waals surface area contributed by atoms with Crippen LogP contribution in [0.1, 0.15) is 22.8 Å². The molecule has 0 spiro atoms. The smallest absolute Gasteiger partial charge is 0.416 e. The van der Waals surface area contributed by atoms with Gasteiger partial charge in [0.05, 0.1) is 17.2 Å². The van der Waals surface area contributed by atoms with Gasteiger partial charge in [0.15, 0.2) is 6.10 Å². The lowest BCUT2D eigenvalue weighted by Crippen LogP contribution is -2.25. The molecule has 1 aromatic carbocycles. The average molecular weight is 325 g/mol. The highest BCUT2D eigenvalue weighted by atomic mass is 19.4. The fourth-order valence-electron chi connectivity index (χ4n) is 2.04. The Morgan fingerprint density at radius 2 is 1.55 bits per heavy atom. The molecule has 0 saturated carbocycles. The fraction of sp³-hybridized carbons (Fsp3) is 0.308. The number of nitrogens with one attached hydrogen (secondary N) is 1. The Kier molecular flexibility index (Phi) is 3.84. The molecule has 2 unspecified atom stereocenters. The monoisotopic (exact) mass is 325 g/mol. The Bertz CT molecular complexity index is 575. The van der Waals surface area contributed by atoms with E-state index in [1.54, 1.807) is 0 Å². The van der Waals surface area contributed by atoms with E-state index in [4.69, 9.17) is 4.74 Å². The summed E-state index contributed by atoms with van der Waals surface area (Å²) in [7, 11) is 0. The molecule has 1 N–H and O–H groups in total. The minimum atomic E-state index is -4.96. The molecule has 1 aliphatic heterocycles. The van der Waals surface area contributed by atoms with Crippen LogP contribution in [0.3, 0.4) is 0 Å². The van der Waals surface area contributed by atoms with Crippen molar-refractivity contribution in [3.63, 3.8) is 0 Å². The summed E-state index contributed by atoms with van der Waals surface area (Å²) in [6, 6.07) is 0.140. The first kappa shape index (κ1) is 16.2. The summed E-state index contributed by atoms with van der Waals surface area (Å²) in [5, 5.41) is 2.23. The van der Waals surface area contributed by atoms with Gasteiger partial charge in [0, 0.05) is 0 Å². The molecule has 1 saturated heterocycles. The Morgan fingerprint density at radius 3 is 1.95 bits per heavy atom. The second-order valence-corrected chi connectivity index (χ2v) is 4.57. The van der Waals surface area contributed by atoms with E-state index in [0.29, 0.717) is 12.1 Å². The Balaban J connectivity index is 2.55. The van der Waals surface area contributed by atoms with Crippen molar-refractivity contribution in [3.8, 4) is 0 Å². The summed E-state index contributed by atoms with van der Waals surface area (Å²) in [6.07, 6.45) is -11.0. The van der Waals surface area contributed by atoms with E-state index in [1.165, 1.54) is 6.08 Å². The van der Waals surface area contributed by atoms with Gasteiger partial charge in [0.25, 0.3) is 0 Å². The van der Waals surface area contributed by atoms with E-state index in [9.17, 15) is 31.1 Å². The van der Waals surface area contributed by atoms with Crippen molar-refractivity contribution in [2.75, 3.05) is 0 Å². The molecule has 2 atom stereocenters. The van der Waals surface area contributed by atoms with E-state index < -0.39 is 47.3 Å². The maximum Gasteiger partial charge on any atom is 0.416 e. The van der Waals surface area contributed by atoms with Gasteiger partial charge in [0.1, 0.15) is 0 Å². The molecule has 3 nitrogen and oxygen atoms in total. The lowest BCUT2D eigenvalue weighted by atomic mass is 9.97. The fourth-order valence-corrected chi connectivity index (χ4v) is 2.04. The minimum absolute atomic E-state index is 0.0105. The number of cyclic esters (lactones) is 1. The number of hydrogen-bond acceptors (Lipinski definition) is 2. The molecular weight excluding hydrogens is 316 g/mol. The van der Waals surface area contributed by atoms with Crippen molar-refractivity contribution in [3.05, 3.63) is 47.5 Å². The van der Waals surface area contributed by atoms with E-state index in [0.717, 1.165) is 0 Å². The number of rotatable bonds is 2. The van der Waals surface area contributed by atoms with Gasteiger partial charge >= 0.3 is 18.4 Å². The molecule has 0 bridgehead atoms. The number of carbonyl (C=O) groups excluding carboxylic acids is 1. The predicted octanol–water partition coefficient (Wildman–Crippen LogP) is 4.06. The van der Waals surface area contributed by atoms with Crippen LogP contribution in [0, 0.1) is 0 Å². The predicted molar refractivity (Wildman–Crippen MR) is 62.8 cm³/mol. The zero-order chi connectivity index (χ0) is 16.7. The molecule has 1 fully saturated rings. The summed E-state index contributed by atoms with van der Waals surface area (Å²) in [5.74, 6) is 0. The lowest BCUT2D eigenvalue weighted by molar-refractivity contribution is -0.143. The quantitative estimate of drug-likeness (QED) is 0.658. The largest absolute Gasteiger partial charge is 0.439 e. The number of alkyl halides is 6. The highest BCUT2D eigenvalue weighted by Gasteiger charge is 2.40. The number of alkyl carbamates (subject to hydrolysis) is 1. The molecule has 120 valence electrons. The molecular formula is C13H9F6NO2. The second-order valence-electron chi connectivity index (χ2n) is 4.57. The third-order valence-electron chi connectivity index (χ3n) is 3.04. The number of ether oxygens (including phenoxy) is 1. The van der Waals surface area contributed by atoms with Crippen LogP contribution in [0.25, 0.3) is 0 Å². The standard InChI is InChI=1S/C13H9F6NO2/c1-2-9-10(22-11(21)20-9)6-3-7(12(14,15)16)5-8(4-6)13(17,18)19/h2-5,9-10H,1H2,(H,20,21). The van der Waals surface area contributed by atoms with Gasteiger partial charge in [-0.15, -0.1) is 6.58 Å². The van der Waals surface area contributed by atoms with Gasteiger partial charge in [-0.25, -0.2) is 4.79 Å². The summed E-state index contributed by atoms with van der Waals surface area (Å²) in [4.78, 5) is 11.1. The van der Waals surface area contributed by atoms with Crippen molar-refractivity contribution in [1.82, 2.24) is 5.32 Å². The molecule has 1 aliphatic rings. The highest BCUT2D eigenvalue weighted by Crippen LogP contribution is 2.39. The number of carbonyl (C=O) groups is 1. The van der Waals surface area contributed by atoms with Crippen LogP contribution >= 0.6 is 0 Å². The van der Waals surface area contributed by atoms with Crippen LogP contribution in [0.2, 0.25) is 0 Å². The zero-order valence-corrected chi connectivity index (χ0v) is 10.8. The van der Waals surface area contributed by atoms with Crippen LogP contribution in [0.5, 0.6) is 0 Å². The maximum absolute atomic E-state index is 12.8. The molecule has 0 aliphatic carbocycles. The molecule has 22 heavy (non-hydrogen) atoms. The van der Waals surface area contributed by atoms with E-state index >= 15 is 0 Å². The average Bonchev–Trinajstić information content (AvgIpc) is 2.77. The first-order valence-electron chi connectivity index (χ1n) is 5.91. The molecule has 0 aromatic heterocycles. The highest BCUT2D eigenvalue weighted by molar-refractivity contribution is 5.71. The van der Waals surface area contributed by atoms with Crippen LogP contribution in [-0.4, -0.2) is 12.1 Å². The van der Waals surface area contributed by atoms with Gasteiger partial charge in [0.2, 0.25) is 0 Å². The van der Waals surface area contributed by atoms with Crippen LogP contribution in [-0.2, 0) is 17.1 Å². The van der Waals surface area contributed by atoms with E-state index in [1.807, 2.05) is 0 Å². The van der Waals surface area contributed by atoms with Gasteiger partial charge in [-0.05, 0) is 23.8 Å². The maximum atomic E-state index is 12.8. The van der Waals surface area contributed by atoms with Crippen molar-refractivity contribution in [1.29, 1.82) is 0 Å². The zero-order valence-electron chi connectivity index (χ0n) is 10.8. The number of amides is 1. The lowest BCUT2D eigenvalue weighted by Gasteiger charge is -2.18. The van der Waals surface area contributed by atoms with E-state index in [2.05, 4.69) is 11.9 Å². The van der Waals surface area contributed by atoms with Crippen LogP contribution in [0.15, 0.2) is 30.9 Å². The Hall–Kier alpha value is -2.19. The SMILES string of the molecule is C=CC1NC(=O)OC1c1cc(C(F)(F)F)cc(C(F)(F)F)c1. The Labute approximate surface area is 120 Å². The van der Waals surface area contributed by atoms with E-state index in [-0.39, 0.29) is 6.07 Å². The second kappa shape index (κ2) is 5.22. The minimum Gasteiger partial charge on any atom is -0.439 e. The summed E-state index contributed by atoms with van der Waals surface area (Å²) in [6.45, 7) is 3.36. The van der Waals surface area contributed by atoms with Crippen molar-refractivity contribution in [2.45, 2.75) is 24.5 Å². The summed E-state index contributed by atoms with van der Waals surface area (Å²) in [5.41, 5.74) is -3.35. The van der Waals surface area contributed by atoms with Crippen LogP contribution in [0.4, 0.5) is 31.1 Å². The molecule has 9 heteroatoms. The van der Waals surface area contributed by atoms with Crippen molar-refractivity contribution < 1.29 is 35.9 Å². The number of halogens is 6. The molecule has 1 heterocycles. The third-order valence-corrected chi connectivity index (χ3v) is 3.04. The van der Waals surface area contributed by atoms with Gasteiger partial charge in [-0.2, -0.15) is 26.3 Å².